The van der Waals surface area contributed by atoms with E-state index < -0.39 is 12.0 Å². The van der Waals surface area contributed by atoms with E-state index in [0.717, 1.165) is 12.0 Å². The number of hydrogen-bond donors (Lipinski definition) is 3. The lowest BCUT2D eigenvalue weighted by Gasteiger charge is -2.22. The van der Waals surface area contributed by atoms with Crippen molar-refractivity contribution < 1.29 is 29.0 Å². The van der Waals surface area contributed by atoms with Gasteiger partial charge in [-0.3, -0.25) is 14.4 Å². The highest BCUT2D eigenvalue weighted by Gasteiger charge is 2.24. The van der Waals surface area contributed by atoms with Crippen molar-refractivity contribution in [3.05, 3.63) is 61.2 Å². The number of rotatable bonds is 18. The maximum Gasteiger partial charge on any atom is 0.305 e. The molecular weight excluding hydrogens is 424 g/mol. The van der Waals surface area contributed by atoms with Crippen LogP contribution in [-0.4, -0.2) is 55.9 Å². The number of carbonyl (C=O) groups is 3. The van der Waals surface area contributed by atoms with Gasteiger partial charge in [-0.05, 0) is 24.8 Å². The first-order valence-electron chi connectivity index (χ1n) is 11.2. The maximum absolute atomic E-state index is 13.0. The van der Waals surface area contributed by atoms with Crippen LogP contribution in [0.4, 0.5) is 0 Å². The van der Waals surface area contributed by atoms with Crippen LogP contribution in [0.3, 0.4) is 0 Å². The summed E-state index contributed by atoms with van der Waals surface area (Å²) in [5.41, 5.74) is 0.799. The summed E-state index contributed by atoms with van der Waals surface area (Å²) in [7, 11) is 0. The quantitative estimate of drug-likeness (QED) is 0.176. The number of nitrogens with one attached hydrogen (secondary N) is 2. The monoisotopic (exact) mass is 460 g/mol. The molecule has 0 aliphatic rings. The second kappa shape index (κ2) is 17.6. The molecule has 0 spiro atoms. The number of carbonyl (C=O) groups excluding carboxylic acids is 3. The Labute approximate surface area is 196 Å². The van der Waals surface area contributed by atoms with Crippen molar-refractivity contribution in [1.82, 2.24) is 10.6 Å². The molecule has 2 amide bonds. The molecule has 1 aromatic carbocycles. The number of amides is 2. The van der Waals surface area contributed by atoms with Crippen molar-refractivity contribution in [2.45, 2.75) is 38.1 Å². The summed E-state index contributed by atoms with van der Waals surface area (Å²) in [5.74, 6) is -1.56. The zero-order valence-corrected chi connectivity index (χ0v) is 19.2. The Morgan fingerprint density at radius 3 is 2.52 bits per heavy atom. The van der Waals surface area contributed by atoms with E-state index in [1.165, 1.54) is 0 Å². The number of benzene rings is 1. The van der Waals surface area contributed by atoms with Crippen molar-refractivity contribution in [1.29, 1.82) is 0 Å². The third-order valence-electron chi connectivity index (χ3n) is 4.78. The number of ether oxygens (including phenoxy) is 2. The van der Waals surface area contributed by atoms with Gasteiger partial charge in [0.25, 0.3) is 0 Å². The second-order valence-corrected chi connectivity index (χ2v) is 7.45. The standard InChI is InChI=1S/C25H36N2O6/c1-3-5-7-13-24(30)33-19-22(20-11-8-6-9-12-20)27-25(31)21(10-4-2)18-23(29)26-14-16-32-17-15-28/h3-4,6,8-9,11-12,21-22,28H,1-2,5,7,10,13-19H2,(H,26,29)(H,27,31). The van der Waals surface area contributed by atoms with Crippen LogP contribution in [0.2, 0.25) is 0 Å². The average molecular weight is 461 g/mol. The van der Waals surface area contributed by atoms with E-state index in [0.29, 0.717) is 12.8 Å². The molecule has 0 aliphatic carbocycles. The highest BCUT2D eigenvalue weighted by Crippen LogP contribution is 2.17. The molecule has 33 heavy (non-hydrogen) atoms. The van der Waals surface area contributed by atoms with Gasteiger partial charge >= 0.3 is 5.97 Å². The summed E-state index contributed by atoms with van der Waals surface area (Å²) in [4.78, 5) is 37.3. The van der Waals surface area contributed by atoms with Crippen LogP contribution in [-0.2, 0) is 23.9 Å². The molecule has 182 valence electrons. The van der Waals surface area contributed by atoms with E-state index in [1.807, 2.05) is 30.3 Å². The van der Waals surface area contributed by atoms with Gasteiger partial charge in [-0.15, -0.1) is 13.2 Å². The molecular formula is C25H36N2O6. The number of hydrogen-bond acceptors (Lipinski definition) is 6. The highest BCUT2D eigenvalue weighted by atomic mass is 16.5. The van der Waals surface area contributed by atoms with Crippen LogP contribution in [0.1, 0.15) is 43.7 Å². The molecule has 3 N–H and O–H groups in total. The first-order chi connectivity index (χ1) is 16.0. The van der Waals surface area contributed by atoms with Crippen LogP contribution in [0.5, 0.6) is 0 Å². The van der Waals surface area contributed by atoms with E-state index in [4.69, 9.17) is 14.6 Å². The van der Waals surface area contributed by atoms with Crippen LogP contribution in [0.15, 0.2) is 55.6 Å². The van der Waals surface area contributed by atoms with E-state index in [2.05, 4.69) is 23.8 Å². The van der Waals surface area contributed by atoms with Crippen LogP contribution in [0, 0.1) is 5.92 Å². The Kier molecular flexibility index (Phi) is 14.9. The van der Waals surface area contributed by atoms with Gasteiger partial charge in [0.1, 0.15) is 6.61 Å². The number of allylic oxidation sites excluding steroid dienone is 2. The smallest absolute Gasteiger partial charge is 0.305 e. The minimum atomic E-state index is -0.615. The third kappa shape index (κ3) is 12.6. The van der Waals surface area contributed by atoms with Crippen molar-refractivity contribution >= 4 is 17.8 Å². The summed E-state index contributed by atoms with van der Waals surface area (Å²) in [6.45, 7) is 8.01. The normalized spacial score (nSPS) is 12.3. The summed E-state index contributed by atoms with van der Waals surface area (Å²) in [6.07, 6.45) is 5.32. The van der Waals surface area contributed by atoms with Gasteiger partial charge in [0.15, 0.2) is 0 Å². The van der Waals surface area contributed by atoms with Crippen molar-refractivity contribution in [3.63, 3.8) is 0 Å². The molecule has 1 aromatic rings. The predicted octanol–water partition coefficient (Wildman–Crippen LogP) is 2.45. The molecule has 1 rings (SSSR count). The van der Waals surface area contributed by atoms with Gasteiger partial charge in [-0.2, -0.15) is 0 Å². The average Bonchev–Trinajstić information content (AvgIpc) is 2.82. The van der Waals surface area contributed by atoms with Crippen LogP contribution < -0.4 is 10.6 Å². The zero-order chi connectivity index (χ0) is 24.3. The predicted molar refractivity (Wildman–Crippen MR) is 126 cm³/mol. The molecule has 2 unspecified atom stereocenters. The number of aliphatic hydroxyl groups is 1. The molecule has 2 atom stereocenters. The molecule has 0 saturated carbocycles. The van der Waals surface area contributed by atoms with Crippen LogP contribution in [0.25, 0.3) is 0 Å². The fraction of sp³-hybridized carbons (Fsp3) is 0.480. The molecule has 0 aromatic heterocycles. The van der Waals surface area contributed by atoms with Gasteiger partial charge in [0.2, 0.25) is 11.8 Å². The molecule has 8 nitrogen and oxygen atoms in total. The number of esters is 1. The van der Waals surface area contributed by atoms with E-state index in [1.54, 1.807) is 12.2 Å². The molecule has 0 bridgehead atoms. The summed E-state index contributed by atoms with van der Waals surface area (Å²) in [5, 5.41) is 14.3. The summed E-state index contributed by atoms with van der Waals surface area (Å²) < 4.78 is 10.5. The lowest BCUT2D eigenvalue weighted by molar-refractivity contribution is -0.145. The molecule has 0 heterocycles. The Hall–Kier alpha value is -2.97. The fourth-order valence-corrected chi connectivity index (χ4v) is 3.04. The lowest BCUT2D eigenvalue weighted by atomic mass is 9.98. The van der Waals surface area contributed by atoms with Crippen molar-refractivity contribution in [2.75, 3.05) is 33.0 Å². The molecule has 0 radical (unpaired) electrons. The Morgan fingerprint density at radius 2 is 1.85 bits per heavy atom. The topological polar surface area (TPSA) is 114 Å². The summed E-state index contributed by atoms with van der Waals surface area (Å²) in [6, 6.07) is 8.70. The first-order valence-corrected chi connectivity index (χ1v) is 11.2. The Balaban J connectivity index is 2.70. The largest absolute Gasteiger partial charge is 0.463 e. The number of aliphatic hydroxyl groups excluding tert-OH is 1. The minimum absolute atomic E-state index is 0.00211. The van der Waals surface area contributed by atoms with Crippen LogP contribution >= 0.6 is 0 Å². The fourth-order valence-electron chi connectivity index (χ4n) is 3.04. The highest BCUT2D eigenvalue weighted by molar-refractivity contribution is 5.86. The van der Waals surface area contributed by atoms with Gasteiger partial charge < -0.3 is 25.2 Å². The Morgan fingerprint density at radius 1 is 1.09 bits per heavy atom. The second-order valence-electron chi connectivity index (χ2n) is 7.45. The Bertz CT molecular complexity index is 738. The third-order valence-corrected chi connectivity index (χ3v) is 4.78. The lowest BCUT2D eigenvalue weighted by Crippen LogP contribution is -2.39. The zero-order valence-electron chi connectivity index (χ0n) is 19.2. The van der Waals surface area contributed by atoms with E-state index in [-0.39, 0.29) is 63.6 Å². The SMILES string of the molecule is C=CCCCC(=O)OCC(NC(=O)C(CC=C)CC(=O)NCCOCCO)c1ccccc1. The van der Waals surface area contributed by atoms with Gasteiger partial charge in [-0.1, -0.05) is 42.5 Å². The molecule has 8 heteroatoms. The van der Waals surface area contributed by atoms with Crippen molar-refractivity contribution in [2.24, 2.45) is 5.92 Å². The van der Waals surface area contributed by atoms with Gasteiger partial charge in [0.05, 0.1) is 31.8 Å². The molecule has 0 saturated heterocycles. The maximum atomic E-state index is 13.0. The van der Waals surface area contributed by atoms with Crippen molar-refractivity contribution in [3.8, 4) is 0 Å². The first kappa shape index (κ1) is 28.1. The minimum Gasteiger partial charge on any atom is -0.463 e. The summed E-state index contributed by atoms with van der Waals surface area (Å²) >= 11 is 0. The molecule has 0 fully saturated rings. The van der Waals surface area contributed by atoms with E-state index in [9.17, 15) is 14.4 Å². The van der Waals surface area contributed by atoms with Gasteiger partial charge in [0, 0.05) is 19.4 Å². The molecule has 0 aliphatic heterocycles. The van der Waals surface area contributed by atoms with Gasteiger partial charge in [-0.25, -0.2) is 0 Å². The number of unbranched alkanes of at least 4 members (excludes halogenated alkanes) is 1. The van der Waals surface area contributed by atoms with E-state index >= 15 is 0 Å².